The van der Waals surface area contributed by atoms with Crippen LogP contribution in [0.5, 0.6) is 0 Å². The lowest BCUT2D eigenvalue weighted by Crippen LogP contribution is -2.37. The van der Waals surface area contributed by atoms with Gasteiger partial charge in [0.05, 0.1) is 5.39 Å². The minimum atomic E-state index is -0.486. The molecule has 3 aromatic rings. The fourth-order valence-corrected chi connectivity index (χ4v) is 2.96. The standard InChI is InChI=1S/C19H20N4O3/c1-5-12-8-6-7-11(2)15(12)21-17(24)14-10-9-13-16(20-14)22(3)19(26)23(4)18(13)25/h6-10H,5H2,1-4H3,(H,21,24). The summed E-state index contributed by atoms with van der Waals surface area (Å²) in [5.41, 5.74) is 2.16. The molecule has 0 atom stereocenters. The number of aromatic nitrogens is 3. The number of anilines is 1. The zero-order chi connectivity index (χ0) is 19.0. The van der Waals surface area contributed by atoms with Crippen molar-refractivity contribution >= 4 is 22.6 Å². The third-order valence-electron chi connectivity index (χ3n) is 4.51. The van der Waals surface area contributed by atoms with Crippen LogP contribution < -0.4 is 16.6 Å². The first kappa shape index (κ1) is 17.6. The molecule has 26 heavy (non-hydrogen) atoms. The second-order valence-electron chi connectivity index (χ2n) is 6.19. The summed E-state index contributed by atoms with van der Waals surface area (Å²) in [6.45, 7) is 3.94. The highest BCUT2D eigenvalue weighted by molar-refractivity contribution is 6.04. The molecule has 0 aliphatic carbocycles. The molecule has 0 saturated carbocycles. The van der Waals surface area contributed by atoms with Crippen molar-refractivity contribution in [1.82, 2.24) is 14.1 Å². The highest BCUT2D eigenvalue weighted by atomic mass is 16.2. The number of carbonyl (C=O) groups is 1. The van der Waals surface area contributed by atoms with Crippen molar-refractivity contribution in [3.63, 3.8) is 0 Å². The summed E-state index contributed by atoms with van der Waals surface area (Å²) in [6.07, 6.45) is 0.785. The number of pyridine rings is 1. The summed E-state index contributed by atoms with van der Waals surface area (Å²) in [6, 6.07) is 8.86. The van der Waals surface area contributed by atoms with Gasteiger partial charge in [-0.15, -0.1) is 0 Å². The van der Waals surface area contributed by atoms with Gasteiger partial charge >= 0.3 is 5.69 Å². The predicted molar refractivity (Wildman–Crippen MR) is 101 cm³/mol. The van der Waals surface area contributed by atoms with E-state index in [4.69, 9.17) is 0 Å². The molecular weight excluding hydrogens is 332 g/mol. The number of hydrogen-bond donors (Lipinski definition) is 1. The Kier molecular flexibility index (Phi) is 4.46. The Balaban J connectivity index is 2.08. The van der Waals surface area contributed by atoms with E-state index in [-0.39, 0.29) is 22.6 Å². The van der Waals surface area contributed by atoms with Gasteiger partial charge in [-0.25, -0.2) is 9.78 Å². The highest BCUT2D eigenvalue weighted by Crippen LogP contribution is 2.21. The molecule has 0 bridgehead atoms. The molecule has 0 fully saturated rings. The fraction of sp³-hybridized carbons (Fsp3) is 0.263. The summed E-state index contributed by atoms with van der Waals surface area (Å²) >= 11 is 0. The largest absolute Gasteiger partial charge is 0.332 e. The topological polar surface area (TPSA) is 86.0 Å². The summed E-state index contributed by atoms with van der Waals surface area (Å²) in [5.74, 6) is -0.385. The Hall–Kier alpha value is -3.22. The molecule has 0 aliphatic rings. The molecule has 1 N–H and O–H groups in total. The van der Waals surface area contributed by atoms with Crippen molar-refractivity contribution in [3.8, 4) is 0 Å². The summed E-state index contributed by atoms with van der Waals surface area (Å²) in [5, 5.41) is 3.19. The second-order valence-corrected chi connectivity index (χ2v) is 6.19. The van der Waals surface area contributed by atoms with Gasteiger partial charge in [-0.2, -0.15) is 0 Å². The molecule has 0 spiro atoms. The van der Waals surface area contributed by atoms with Gasteiger partial charge in [0.25, 0.3) is 11.5 Å². The molecule has 0 radical (unpaired) electrons. The number of nitrogens with zero attached hydrogens (tertiary/aromatic N) is 3. The van der Waals surface area contributed by atoms with Crippen molar-refractivity contribution in [2.45, 2.75) is 20.3 Å². The van der Waals surface area contributed by atoms with Crippen LogP contribution in [0.15, 0.2) is 39.9 Å². The minimum Gasteiger partial charge on any atom is -0.320 e. The Morgan fingerprint density at radius 2 is 1.85 bits per heavy atom. The van der Waals surface area contributed by atoms with Crippen LogP contribution in [-0.4, -0.2) is 20.0 Å². The van der Waals surface area contributed by atoms with Crippen LogP contribution in [-0.2, 0) is 20.5 Å². The fourth-order valence-electron chi connectivity index (χ4n) is 2.96. The zero-order valence-electron chi connectivity index (χ0n) is 15.2. The maximum atomic E-state index is 12.7. The average Bonchev–Trinajstić information content (AvgIpc) is 2.65. The molecule has 0 saturated heterocycles. The predicted octanol–water partition coefficient (Wildman–Crippen LogP) is 1.76. The van der Waals surface area contributed by atoms with E-state index in [1.54, 1.807) is 0 Å². The van der Waals surface area contributed by atoms with Crippen LogP contribution in [0.4, 0.5) is 5.69 Å². The maximum absolute atomic E-state index is 12.7. The van der Waals surface area contributed by atoms with E-state index in [0.29, 0.717) is 0 Å². The van der Waals surface area contributed by atoms with Gasteiger partial charge in [0, 0.05) is 19.8 Å². The molecular formula is C19H20N4O3. The van der Waals surface area contributed by atoms with E-state index >= 15 is 0 Å². The third kappa shape index (κ3) is 2.81. The third-order valence-corrected chi connectivity index (χ3v) is 4.51. The van der Waals surface area contributed by atoms with E-state index < -0.39 is 11.2 Å². The molecule has 3 rings (SSSR count). The first-order valence-electron chi connectivity index (χ1n) is 8.31. The highest BCUT2D eigenvalue weighted by Gasteiger charge is 2.15. The van der Waals surface area contributed by atoms with Gasteiger partial charge in [0.15, 0.2) is 0 Å². The lowest BCUT2D eigenvalue weighted by molar-refractivity contribution is 0.102. The minimum absolute atomic E-state index is 0.144. The van der Waals surface area contributed by atoms with E-state index in [9.17, 15) is 14.4 Å². The molecule has 0 unspecified atom stereocenters. The van der Waals surface area contributed by atoms with Crippen molar-refractivity contribution in [3.05, 3.63) is 68.0 Å². The van der Waals surface area contributed by atoms with Crippen LogP contribution >= 0.6 is 0 Å². The van der Waals surface area contributed by atoms with Crippen LogP contribution in [0.2, 0.25) is 0 Å². The van der Waals surface area contributed by atoms with Gasteiger partial charge in [0.1, 0.15) is 11.3 Å². The Labute approximate surface area is 149 Å². The Morgan fingerprint density at radius 3 is 2.54 bits per heavy atom. The van der Waals surface area contributed by atoms with Crippen molar-refractivity contribution in [2.75, 3.05) is 5.32 Å². The number of carbonyl (C=O) groups excluding carboxylic acids is 1. The lowest BCUT2D eigenvalue weighted by Gasteiger charge is -2.13. The first-order valence-corrected chi connectivity index (χ1v) is 8.31. The summed E-state index contributed by atoms with van der Waals surface area (Å²) < 4.78 is 2.28. The number of fused-ring (bicyclic) bond motifs is 1. The first-order chi connectivity index (χ1) is 12.3. The molecule has 0 aliphatic heterocycles. The SMILES string of the molecule is CCc1cccc(C)c1NC(=O)c1ccc2c(=O)n(C)c(=O)n(C)c2n1. The van der Waals surface area contributed by atoms with Crippen LogP contribution in [0.1, 0.15) is 28.5 Å². The molecule has 7 nitrogen and oxygen atoms in total. The van der Waals surface area contributed by atoms with Crippen molar-refractivity contribution in [1.29, 1.82) is 0 Å². The van der Waals surface area contributed by atoms with E-state index in [1.807, 2.05) is 32.0 Å². The zero-order valence-corrected chi connectivity index (χ0v) is 15.2. The van der Waals surface area contributed by atoms with Gasteiger partial charge in [-0.1, -0.05) is 25.1 Å². The number of rotatable bonds is 3. The molecule has 1 amide bonds. The number of para-hydroxylation sites is 1. The molecule has 1 aromatic carbocycles. The maximum Gasteiger partial charge on any atom is 0.332 e. The van der Waals surface area contributed by atoms with Crippen LogP contribution in [0, 0.1) is 6.92 Å². The van der Waals surface area contributed by atoms with E-state index in [1.165, 1.54) is 30.8 Å². The summed E-state index contributed by atoms with van der Waals surface area (Å²) in [7, 11) is 2.94. The smallest absolute Gasteiger partial charge is 0.320 e. The molecule has 7 heteroatoms. The normalized spacial score (nSPS) is 10.9. The lowest BCUT2D eigenvalue weighted by atomic mass is 10.1. The van der Waals surface area contributed by atoms with Crippen LogP contribution in [0.3, 0.4) is 0 Å². The van der Waals surface area contributed by atoms with E-state index in [2.05, 4.69) is 10.3 Å². The number of benzene rings is 1. The van der Waals surface area contributed by atoms with E-state index in [0.717, 1.165) is 27.8 Å². The molecule has 134 valence electrons. The van der Waals surface area contributed by atoms with Crippen molar-refractivity contribution in [2.24, 2.45) is 14.1 Å². The van der Waals surface area contributed by atoms with Crippen molar-refractivity contribution < 1.29 is 4.79 Å². The Bertz CT molecular complexity index is 1140. The molecule has 2 aromatic heterocycles. The number of aryl methyl sites for hydroxylation is 3. The van der Waals surface area contributed by atoms with Gasteiger partial charge in [-0.3, -0.25) is 18.7 Å². The monoisotopic (exact) mass is 352 g/mol. The second kappa shape index (κ2) is 6.59. The van der Waals surface area contributed by atoms with Crippen LogP contribution in [0.25, 0.3) is 11.0 Å². The van der Waals surface area contributed by atoms with Gasteiger partial charge < -0.3 is 5.32 Å². The quantitative estimate of drug-likeness (QED) is 0.778. The van der Waals surface area contributed by atoms with Gasteiger partial charge in [0.2, 0.25) is 0 Å². The average molecular weight is 352 g/mol. The molecule has 2 heterocycles. The number of amides is 1. The van der Waals surface area contributed by atoms with Gasteiger partial charge in [-0.05, 0) is 36.6 Å². The summed E-state index contributed by atoms with van der Waals surface area (Å²) in [4.78, 5) is 41.2. The number of nitrogens with one attached hydrogen (secondary N) is 1. The Morgan fingerprint density at radius 1 is 1.12 bits per heavy atom. The number of hydrogen-bond acceptors (Lipinski definition) is 4.